The summed E-state index contributed by atoms with van der Waals surface area (Å²) in [5, 5.41) is 4.99. The van der Waals surface area contributed by atoms with E-state index in [1.165, 1.54) is 0 Å². The molecule has 3 rings (SSSR count). The monoisotopic (exact) mass is 318 g/mol. The summed E-state index contributed by atoms with van der Waals surface area (Å²) in [6.45, 7) is 0.779. The van der Waals surface area contributed by atoms with E-state index in [2.05, 4.69) is 5.32 Å². The molecule has 0 bridgehead atoms. The summed E-state index contributed by atoms with van der Waals surface area (Å²) in [7, 11) is 3.78. The van der Waals surface area contributed by atoms with E-state index in [-0.39, 0.29) is 18.7 Å². The molecule has 1 aromatic heterocycles. The van der Waals surface area contributed by atoms with Gasteiger partial charge in [0.2, 0.25) is 12.7 Å². The first-order chi connectivity index (χ1) is 10.6. The van der Waals surface area contributed by atoms with Crippen molar-refractivity contribution in [2.75, 3.05) is 20.9 Å². The molecule has 0 saturated heterocycles. The predicted octanol–water partition coefficient (Wildman–Crippen LogP) is 2.40. The van der Waals surface area contributed by atoms with Crippen molar-refractivity contribution in [3.05, 3.63) is 46.2 Å². The smallest absolute Gasteiger partial charge is 0.242 e. The SMILES string of the molecule is CN(C)C(C(=O)NCc1cccs1)c1ccc2c(c1)OCO2. The summed E-state index contributed by atoms with van der Waals surface area (Å²) in [5.41, 5.74) is 0.887. The molecule has 116 valence electrons. The molecule has 6 heteroatoms. The van der Waals surface area contributed by atoms with Gasteiger partial charge in [-0.15, -0.1) is 11.3 Å². The highest BCUT2D eigenvalue weighted by atomic mass is 32.1. The van der Waals surface area contributed by atoms with Crippen LogP contribution in [-0.4, -0.2) is 31.7 Å². The number of carbonyl (C=O) groups excluding carboxylic acids is 1. The first-order valence-corrected chi connectivity index (χ1v) is 7.89. The van der Waals surface area contributed by atoms with Crippen LogP contribution in [0.4, 0.5) is 0 Å². The second kappa shape index (κ2) is 6.37. The molecule has 1 aliphatic heterocycles. The van der Waals surface area contributed by atoms with Gasteiger partial charge in [-0.2, -0.15) is 0 Å². The van der Waals surface area contributed by atoms with Gasteiger partial charge in [0.1, 0.15) is 6.04 Å². The quantitative estimate of drug-likeness (QED) is 0.920. The second-order valence-electron chi connectivity index (χ2n) is 5.28. The number of amides is 1. The molecule has 1 N–H and O–H groups in total. The van der Waals surface area contributed by atoms with Crippen LogP contribution in [0.1, 0.15) is 16.5 Å². The topological polar surface area (TPSA) is 50.8 Å². The third-order valence-electron chi connectivity index (χ3n) is 3.49. The molecule has 2 aromatic rings. The molecule has 1 unspecified atom stereocenters. The maximum absolute atomic E-state index is 12.6. The Morgan fingerprint density at radius 3 is 2.86 bits per heavy atom. The van der Waals surface area contributed by atoms with Crippen molar-refractivity contribution in [3.63, 3.8) is 0 Å². The van der Waals surface area contributed by atoms with Gasteiger partial charge < -0.3 is 14.8 Å². The number of likely N-dealkylation sites (N-methyl/N-ethyl adjacent to an activating group) is 1. The number of benzene rings is 1. The van der Waals surface area contributed by atoms with Gasteiger partial charge in [0.25, 0.3) is 0 Å². The fourth-order valence-electron chi connectivity index (χ4n) is 2.45. The Bertz CT molecular complexity index is 655. The molecule has 22 heavy (non-hydrogen) atoms. The molecule has 1 aliphatic rings. The number of hydrogen-bond acceptors (Lipinski definition) is 5. The molecule has 0 spiro atoms. The Balaban J connectivity index is 1.75. The number of nitrogens with zero attached hydrogens (tertiary/aromatic N) is 1. The van der Waals surface area contributed by atoms with Crippen molar-refractivity contribution in [2.24, 2.45) is 0 Å². The lowest BCUT2D eigenvalue weighted by Gasteiger charge is -2.24. The molecule has 1 atom stereocenters. The zero-order valence-electron chi connectivity index (χ0n) is 12.5. The predicted molar refractivity (Wildman–Crippen MR) is 85.2 cm³/mol. The number of hydrogen-bond donors (Lipinski definition) is 1. The minimum absolute atomic E-state index is 0.0303. The summed E-state index contributed by atoms with van der Waals surface area (Å²) in [4.78, 5) is 15.6. The summed E-state index contributed by atoms with van der Waals surface area (Å²) in [6, 6.07) is 9.25. The minimum Gasteiger partial charge on any atom is -0.454 e. The summed E-state index contributed by atoms with van der Waals surface area (Å²) >= 11 is 1.63. The van der Waals surface area contributed by atoms with Crippen LogP contribution in [0.5, 0.6) is 11.5 Å². The van der Waals surface area contributed by atoms with E-state index in [0.29, 0.717) is 12.3 Å². The van der Waals surface area contributed by atoms with Crippen molar-refractivity contribution in [2.45, 2.75) is 12.6 Å². The van der Waals surface area contributed by atoms with E-state index < -0.39 is 0 Å². The first kappa shape index (κ1) is 14.9. The molecule has 0 aliphatic carbocycles. The minimum atomic E-state index is -0.366. The molecular formula is C16H18N2O3S. The van der Waals surface area contributed by atoms with Gasteiger partial charge in [0, 0.05) is 4.88 Å². The van der Waals surface area contributed by atoms with Crippen LogP contribution in [0.25, 0.3) is 0 Å². The van der Waals surface area contributed by atoms with E-state index in [1.54, 1.807) is 11.3 Å². The molecule has 2 heterocycles. The highest BCUT2D eigenvalue weighted by Crippen LogP contribution is 2.35. The van der Waals surface area contributed by atoms with E-state index in [4.69, 9.17) is 9.47 Å². The van der Waals surface area contributed by atoms with Crippen molar-refractivity contribution in [1.29, 1.82) is 0 Å². The lowest BCUT2D eigenvalue weighted by Crippen LogP contribution is -2.36. The van der Waals surface area contributed by atoms with Crippen LogP contribution in [0, 0.1) is 0 Å². The Morgan fingerprint density at radius 2 is 2.14 bits per heavy atom. The van der Waals surface area contributed by atoms with Gasteiger partial charge in [0.05, 0.1) is 6.54 Å². The fraction of sp³-hybridized carbons (Fsp3) is 0.312. The van der Waals surface area contributed by atoms with Gasteiger partial charge in [-0.1, -0.05) is 12.1 Å². The Kier molecular flexibility index (Phi) is 4.31. The Hall–Kier alpha value is -2.05. The van der Waals surface area contributed by atoms with Crippen LogP contribution in [0.3, 0.4) is 0 Å². The third-order valence-corrected chi connectivity index (χ3v) is 4.37. The van der Waals surface area contributed by atoms with Gasteiger partial charge in [-0.05, 0) is 43.2 Å². The second-order valence-corrected chi connectivity index (χ2v) is 6.31. The van der Waals surface area contributed by atoms with E-state index in [1.807, 2.05) is 54.7 Å². The fourth-order valence-corrected chi connectivity index (χ4v) is 3.10. The van der Waals surface area contributed by atoms with Crippen LogP contribution in [-0.2, 0) is 11.3 Å². The first-order valence-electron chi connectivity index (χ1n) is 7.01. The van der Waals surface area contributed by atoms with Crippen LogP contribution < -0.4 is 14.8 Å². The number of rotatable bonds is 5. The standard InChI is InChI=1S/C16H18N2O3S/c1-18(2)15(16(19)17-9-12-4-3-7-22-12)11-5-6-13-14(8-11)21-10-20-13/h3-8,15H,9-10H2,1-2H3,(H,17,19). The molecule has 0 saturated carbocycles. The van der Waals surface area contributed by atoms with Crippen molar-refractivity contribution >= 4 is 17.2 Å². The maximum Gasteiger partial charge on any atom is 0.242 e. The van der Waals surface area contributed by atoms with E-state index >= 15 is 0 Å². The molecule has 0 fully saturated rings. The maximum atomic E-state index is 12.6. The third kappa shape index (κ3) is 3.08. The lowest BCUT2D eigenvalue weighted by molar-refractivity contribution is -0.125. The summed E-state index contributed by atoms with van der Waals surface area (Å²) in [5.74, 6) is 1.38. The molecule has 1 amide bonds. The van der Waals surface area contributed by atoms with Gasteiger partial charge in [-0.25, -0.2) is 0 Å². The number of ether oxygens (including phenoxy) is 2. The average molecular weight is 318 g/mol. The largest absolute Gasteiger partial charge is 0.454 e. The Labute approximate surface area is 133 Å². The highest BCUT2D eigenvalue weighted by Gasteiger charge is 2.25. The highest BCUT2D eigenvalue weighted by molar-refractivity contribution is 7.09. The number of thiophene rings is 1. The van der Waals surface area contributed by atoms with Crippen LogP contribution >= 0.6 is 11.3 Å². The van der Waals surface area contributed by atoms with Crippen molar-refractivity contribution in [3.8, 4) is 11.5 Å². The molecule has 1 aromatic carbocycles. The average Bonchev–Trinajstić information content (AvgIpc) is 3.15. The Morgan fingerprint density at radius 1 is 1.32 bits per heavy atom. The molecule has 0 radical (unpaired) electrons. The molecular weight excluding hydrogens is 300 g/mol. The number of nitrogens with one attached hydrogen (secondary N) is 1. The van der Waals surface area contributed by atoms with E-state index in [0.717, 1.165) is 16.2 Å². The van der Waals surface area contributed by atoms with Gasteiger partial charge >= 0.3 is 0 Å². The lowest BCUT2D eigenvalue weighted by atomic mass is 10.0. The zero-order valence-corrected chi connectivity index (χ0v) is 13.4. The van der Waals surface area contributed by atoms with Crippen molar-refractivity contribution in [1.82, 2.24) is 10.2 Å². The normalized spacial score (nSPS) is 14.1. The van der Waals surface area contributed by atoms with Gasteiger partial charge in [-0.3, -0.25) is 9.69 Å². The van der Waals surface area contributed by atoms with Crippen molar-refractivity contribution < 1.29 is 14.3 Å². The van der Waals surface area contributed by atoms with Gasteiger partial charge in [0.15, 0.2) is 11.5 Å². The number of fused-ring (bicyclic) bond motifs is 1. The summed E-state index contributed by atoms with van der Waals surface area (Å²) in [6.07, 6.45) is 0. The number of carbonyl (C=O) groups is 1. The summed E-state index contributed by atoms with van der Waals surface area (Å²) < 4.78 is 10.7. The van der Waals surface area contributed by atoms with E-state index in [9.17, 15) is 4.79 Å². The molecule has 5 nitrogen and oxygen atoms in total. The van der Waals surface area contributed by atoms with Crippen LogP contribution in [0.2, 0.25) is 0 Å². The zero-order chi connectivity index (χ0) is 15.5. The van der Waals surface area contributed by atoms with Crippen LogP contribution in [0.15, 0.2) is 35.7 Å².